The third-order valence-corrected chi connectivity index (χ3v) is 3.37. The summed E-state index contributed by atoms with van der Waals surface area (Å²) in [5.74, 6) is 0.459. The van der Waals surface area contributed by atoms with Crippen LogP contribution >= 0.6 is 0 Å². The number of furan rings is 1. The number of hydrogen-bond acceptors (Lipinski definition) is 3. The molecule has 4 nitrogen and oxygen atoms in total. The molecule has 1 aliphatic carbocycles. The highest BCUT2D eigenvalue weighted by atomic mass is 16.3. The Kier molecular flexibility index (Phi) is 2.52. The number of aryl methyl sites for hydroxylation is 1. The number of rotatable bonds is 1. The normalized spacial score (nSPS) is 13.9. The lowest BCUT2D eigenvalue weighted by atomic mass is 9.93. The Morgan fingerprint density at radius 2 is 2.17 bits per heavy atom. The summed E-state index contributed by atoms with van der Waals surface area (Å²) >= 11 is 0. The van der Waals surface area contributed by atoms with Gasteiger partial charge in [-0.25, -0.2) is 0 Å². The van der Waals surface area contributed by atoms with Crippen molar-refractivity contribution in [2.24, 2.45) is 0 Å². The minimum absolute atomic E-state index is 0.0602. The fourth-order valence-corrected chi connectivity index (χ4v) is 2.51. The average molecular weight is 240 g/mol. The summed E-state index contributed by atoms with van der Waals surface area (Å²) in [4.78, 5) is 15.6. The zero-order chi connectivity index (χ0) is 12.5. The number of pyridine rings is 1. The number of hydrogen-bond donors (Lipinski definition) is 1. The number of fused-ring (bicyclic) bond motifs is 1. The van der Waals surface area contributed by atoms with Gasteiger partial charge in [-0.05, 0) is 37.8 Å². The van der Waals surface area contributed by atoms with Gasteiger partial charge in [0.05, 0.1) is 11.8 Å². The lowest BCUT2D eigenvalue weighted by molar-refractivity contribution is 0.580. The number of aromatic nitrogens is 1. The summed E-state index contributed by atoms with van der Waals surface area (Å²) in [5.41, 5.74) is 2.33. The van der Waals surface area contributed by atoms with Crippen molar-refractivity contribution in [3.8, 4) is 17.4 Å². The lowest BCUT2D eigenvalue weighted by Gasteiger charge is -2.16. The van der Waals surface area contributed by atoms with Gasteiger partial charge in [0.25, 0.3) is 0 Å². The molecule has 1 N–H and O–H groups in total. The van der Waals surface area contributed by atoms with Gasteiger partial charge >= 0.3 is 0 Å². The Morgan fingerprint density at radius 3 is 2.89 bits per heavy atom. The van der Waals surface area contributed by atoms with E-state index in [1.165, 1.54) is 6.26 Å². The highest BCUT2D eigenvalue weighted by Gasteiger charge is 2.21. The van der Waals surface area contributed by atoms with E-state index < -0.39 is 0 Å². The van der Waals surface area contributed by atoms with E-state index in [0.29, 0.717) is 17.0 Å². The van der Waals surface area contributed by atoms with Crippen LogP contribution in [0, 0.1) is 11.3 Å². The van der Waals surface area contributed by atoms with Crippen molar-refractivity contribution in [1.82, 2.24) is 4.98 Å². The van der Waals surface area contributed by atoms with Gasteiger partial charge < -0.3 is 9.40 Å². The standard InChI is InChI=1S/C14H12N2O2/c15-8-11-13(12-6-3-7-18-12)14(17)9-4-1-2-5-10(9)16-11/h3,6-7H,1-2,4-5H2,(H,16,17). The van der Waals surface area contributed by atoms with Gasteiger partial charge in [0, 0.05) is 11.3 Å². The van der Waals surface area contributed by atoms with Gasteiger partial charge in [-0.2, -0.15) is 5.26 Å². The molecule has 4 heteroatoms. The number of H-pyrrole nitrogens is 1. The highest BCUT2D eigenvalue weighted by Crippen LogP contribution is 2.24. The quantitative estimate of drug-likeness (QED) is 0.832. The molecule has 0 saturated carbocycles. The van der Waals surface area contributed by atoms with Crippen LogP contribution in [-0.2, 0) is 12.8 Å². The molecule has 2 aromatic heterocycles. The van der Waals surface area contributed by atoms with Crippen LogP contribution in [0.5, 0.6) is 0 Å². The van der Waals surface area contributed by atoms with Gasteiger partial charge in [-0.3, -0.25) is 4.79 Å². The van der Waals surface area contributed by atoms with Crippen molar-refractivity contribution in [1.29, 1.82) is 5.26 Å². The van der Waals surface area contributed by atoms with Crippen LogP contribution in [0.2, 0.25) is 0 Å². The summed E-state index contributed by atoms with van der Waals surface area (Å²) in [5, 5.41) is 9.18. The zero-order valence-electron chi connectivity index (χ0n) is 9.82. The second-order valence-electron chi connectivity index (χ2n) is 4.46. The topological polar surface area (TPSA) is 69.8 Å². The van der Waals surface area contributed by atoms with E-state index >= 15 is 0 Å². The van der Waals surface area contributed by atoms with Crippen molar-refractivity contribution in [2.75, 3.05) is 0 Å². The zero-order valence-corrected chi connectivity index (χ0v) is 9.82. The molecule has 90 valence electrons. The van der Waals surface area contributed by atoms with Crippen LogP contribution in [0.1, 0.15) is 29.8 Å². The van der Waals surface area contributed by atoms with Gasteiger partial charge in [0.1, 0.15) is 17.5 Å². The molecule has 0 amide bonds. The van der Waals surface area contributed by atoms with Crippen molar-refractivity contribution in [3.63, 3.8) is 0 Å². The third kappa shape index (κ3) is 1.56. The SMILES string of the molecule is N#Cc1[nH]c2c(c(=O)c1-c1ccco1)CCCC2. The predicted octanol–water partition coefficient (Wildman–Crippen LogP) is 2.39. The largest absolute Gasteiger partial charge is 0.464 e. The van der Waals surface area contributed by atoms with Gasteiger partial charge in [-0.1, -0.05) is 0 Å². The first-order valence-corrected chi connectivity index (χ1v) is 6.03. The fourth-order valence-electron chi connectivity index (χ4n) is 2.51. The molecule has 0 aromatic carbocycles. The second-order valence-corrected chi connectivity index (χ2v) is 4.46. The molecular formula is C14H12N2O2. The number of nitriles is 1. The lowest BCUT2D eigenvalue weighted by Crippen LogP contribution is -2.21. The first-order chi connectivity index (χ1) is 8.81. The first-order valence-electron chi connectivity index (χ1n) is 6.03. The van der Waals surface area contributed by atoms with E-state index in [1.807, 2.05) is 0 Å². The molecular weight excluding hydrogens is 228 g/mol. The van der Waals surface area contributed by atoms with E-state index in [2.05, 4.69) is 11.1 Å². The van der Waals surface area contributed by atoms with Gasteiger partial charge in [0.15, 0.2) is 5.43 Å². The maximum atomic E-state index is 12.5. The third-order valence-electron chi connectivity index (χ3n) is 3.37. The van der Waals surface area contributed by atoms with Crippen molar-refractivity contribution >= 4 is 0 Å². The van der Waals surface area contributed by atoms with Crippen LogP contribution in [-0.4, -0.2) is 4.98 Å². The molecule has 2 heterocycles. The Balaban J connectivity index is 2.31. The minimum atomic E-state index is -0.0602. The molecule has 0 spiro atoms. The summed E-state index contributed by atoms with van der Waals surface area (Å²) in [6.45, 7) is 0. The van der Waals surface area contributed by atoms with Crippen molar-refractivity contribution < 1.29 is 4.42 Å². The average Bonchev–Trinajstić information content (AvgIpc) is 2.92. The van der Waals surface area contributed by atoms with Crippen LogP contribution in [0.15, 0.2) is 27.6 Å². The van der Waals surface area contributed by atoms with Gasteiger partial charge in [0.2, 0.25) is 0 Å². The molecule has 1 aliphatic rings. The van der Waals surface area contributed by atoms with Crippen LogP contribution in [0.25, 0.3) is 11.3 Å². The predicted molar refractivity (Wildman–Crippen MR) is 66.1 cm³/mol. The van der Waals surface area contributed by atoms with Crippen molar-refractivity contribution in [2.45, 2.75) is 25.7 Å². The van der Waals surface area contributed by atoms with E-state index in [9.17, 15) is 10.1 Å². The molecule has 2 aromatic rings. The first kappa shape index (κ1) is 10.8. The van der Waals surface area contributed by atoms with Crippen LogP contribution in [0.3, 0.4) is 0 Å². The number of aromatic amines is 1. The number of nitrogens with zero attached hydrogens (tertiary/aromatic N) is 1. The molecule has 18 heavy (non-hydrogen) atoms. The maximum absolute atomic E-state index is 12.5. The second kappa shape index (κ2) is 4.19. The molecule has 0 radical (unpaired) electrons. The molecule has 0 unspecified atom stereocenters. The Labute approximate surface area is 104 Å². The Morgan fingerprint density at radius 1 is 1.33 bits per heavy atom. The summed E-state index contributed by atoms with van der Waals surface area (Å²) in [6, 6.07) is 5.49. The molecule has 0 aliphatic heterocycles. The Bertz CT molecular complexity index is 675. The maximum Gasteiger partial charge on any atom is 0.197 e. The van der Waals surface area contributed by atoms with Gasteiger partial charge in [-0.15, -0.1) is 0 Å². The summed E-state index contributed by atoms with van der Waals surface area (Å²) in [6.07, 6.45) is 5.23. The van der Waals surface area contributed by atoms with E-state index in [4.69, 9.17) is 4.42 Å². The van der Waals surface area contributed by atoms with E-state index in [1.54, 1.807) is 12.1 Å². The molecule has 3 rings (SSSR count). The number of nitrogens with one attached hydrogen (secondary N) is 1. The van der Waals surface area contributed by atoms with Crippen LogP contribution < -0.4 is 5.43 Å². The van der Waals surface area contributed by atoms with Crippen LogP contribution in [0.4, 0.5) is 0 Å². The minimum Gasteiger partial charge on any atom is -0.464 e. The molecule has 0 saturated heterocycles. The highest BCUT2D eigenvalue weighted by molar-refractivity contribution is 5.65. The summed E-state index contributed by atoms with van der Waals surface area (Å²) < 4.78 is 5.26. The smallest absolute Gasteiger partial charge is 0.197 e. The molecule has 0 bridgehead atoms. The molecule has 0 fully saturated rings. The monoisotopic (exact) mass is 240 g/mol. The fraction of sp³-hybridized carbons (Fsp3) is 0.286. The Hall–Kier alpha value is -2.28. The summed E-state index contributed by atoms with van der Waals surface area (Å²) in [7, 11) is 0. The van der Waals surface area contributed by atoms with E-state index in [-0.39, 0.29) is 5.43 Å². The van der Waals surface area contributed by atoms with E-state index in [0.717, 1.165) is 36.9 Å². The molecule has 0 atom stereocenters. The van der Waals surface area contributed by atoms with Crippen molar-refractivity contribution in [3.05, 3.63) is 45.6 Å².